The van der Waals surface area contributed by atoms with E-state index in [0.29, 0.717) is 6.04 Å². The summed E-state index contributed by atoms with van der Waals surface area (Å²) in [5, 5.41) is 6.80. The third kappa shape index (κ3) is 5.71. The van der Waals surface area contributed by atoms with Gasteiger partial charge in [0.1, 0.15) is 5.82 Å². The molecule has 0 saturated heterocycles. The first-order chi connectivity index (χ1) is 7.83. The molecule has 2 N–H and O–H groups in total. The summed E-state index contributed by atoms with van der Waals surface area (Å²) in [5.74, 6) is 0.970. The molecule has 0 amide bonds. The van der Waals surface area contributed by atoms with Gasteiger partial charge in [-0.1, -0.05) is 13.0 Å². The number of pyridine rings is 1. The molecule has 16 heavy (non-hydrogen) atoms. The monoisotopic (exact) mass is 221 g/mol. The van der Waals surface area contributed by atoms with Crippen LogP contribution < -0.4 is 10.6 Å². The second-order valence-corrected chi connectivity index (χ2v) is 4.11. The fourth-order valence-electron chi connectivity index (χ4n) is 1.43. The highest BCUT2D eigenvalue weighted by Crippen LogP contribution is 2.00. The van der Waals surface area contributed by atoms with Crippen LogP contribution in [0.1, 0.15) is 33.1 Å². The predicted octanol–water partition coefficient (Wildman–Crippen LogP) is 2.66. The first-order valence-electron chi connectivity index (χ1n) is 6.21. The SMILES string of the molecule is CCC(C)NCCCCNc1ccccn1. The maximum atomic E-state index is 4.21. The minimum absolute atomic E-state index is 0.642. The van der Waals surface area contributed by atoms with Crippen molar-refractivity contribution in [3.05, 3.63) is 24.4 Å². The lowest BCUT2D eigenvalue weighted by molar-refractivity contribution is 0.519. The Balaban J connectivity index is 1.96. The summed E-state index contributed by atoms with van der Waals surface area (Å²) in [5.41, 5.74) is 0. The van der Waals surface area contributed by atoms with Crippen LogP contribution in [0, 0.1) is 0 Å². The molecule has 90 valence electrons. The predicted molar refractivity (Wildman–Crippen MR) is 69.7 cm³/mol. The average molecular weight is 221 g/mol. The summed E-state index contributed by atoms with van der Waals surface area (Å²) in [7, 11) is 0. The molecule has 1 atom stereocenters. The summed E-state index contributed by atoms with van der Waals surface area (Å²) in [6.07, 6.45) is 5.41. The number of anilines is 1. The smallest absolute Gasteiger partial charge is 0.125 e. The molecule has 3 heteroatoms. The minimum atomic E-state index is 0.642. The Kier molecular flexibility index (Phi) is 6.58. The molecule has 0 aromatic carbocycles. The molecular weight excluding hydrogens is 198 g/mol. The van der Waals surface area contributed by atoms with E-state index in [4.69, 9.17) is 0 Å². The molecule has 0 aliphatic heterocycles. The first kappa shape index (κ1) is 13.0. The molecule has 1 unspecified atom stereocenters. The van der Waals surface area contributed by atoms with Gasteiger partial charge < -0.3 is 10.6 Å². The van der Waals surface area contributed by atoms with E-state index >= 15 is 0 Å². The Morgan fingerprint density at radius 1 is 1.25 bits per heavy atom. The number of aromatic nitrogens is 1. The van der Waals surface area contributed by atoms with Gasteiger partial charge in [0.15, 0.2) is 0 Å². The van der Waals surface area contributed by atoms with Crippen molar-refractivity contribution in [2.75, 3.05) is 18.4 Å². The van der Waals surface area contributed by atoms with Crippen LogP contribution in [-0.4, -0.2) is 24.1 Å². The third-order valence-corrected chi connectivity index (χ3v) is 2.68. The van der Waals surface area contributed by atoms with E-state index in [1.54, 1.807) is 0 Å². The molecule has 1 heterocycles. The second-order valence-electron chi connectivity index (χ2n) is 4.11. The summed E-state index contributed by atoms with van der Waals surface area (Å²) in [6.45, 7) is 6.55. The highest BCUT2D eigenvalue weighted by atomic mass is 15.0. The van der Waals surface area contributed by atoms with Gasteiger partial charge in [-0.3, -0.25) is 0 Å². The molecule has 0 aliphatic carbocycles. The molecule has 1 rings (SSSR count). The summed E-state index contributed by atoms with van der Waals surface area (Å²) >= 11 is 0. The Bertz CT molecular complexity index is 261. The van der Waals surface area contributed by atoms with Crippen molar-refractivity contribution in [1.29, 1.82) is 0 Å². The highest BCUT2D eigenvalue weighted by molar-refractivity contribution is 5.32. The zero-order valence-corrected chi connectivity index (χ0v) is 10.4. The maximum absolute atomic E-state index is 4.21. The molecule has 0 fully saturated rings. The van der Waals surface area contributed by atoms with Crippen molar-refractivity contribution in [3.8, 4) is 0 Å². The van der Waals surface area contributed by atoms with E-state index in [1.807, 2.05) is 24.4 Å². The van der Waals surface area contributed by atoms with E-state index < -0.39 is 0 Å². The van der Waals surface area contributed by atoms with Crippen LogP contribution >= 0.6 is 0 Å². The maximum Gasteiger partial charge on any atom is 0.125 e. The van der Waals surface area contributed by atoms with Crippen LogP contribution in [0.5, 0.6) is 0 Å². The molecule has 0 radical (unpaired) electrons. The minimum Gasteiger partial charge on any atom is -0.370 e. The molecule has 0 saturated carbocycles. The number of rotatable bonds is 8. The van der Waals surface area contributed by atoms with Gasteiger partial charge in [0, 0.05) is 18.8 Å². The first-order valence-corrected chi connectivity index (χ1v) is 6.21. The Labute approximate surface area is 98.7 Å². The van der Waals surface area contributed by atoms with E-state index in [9.17, 15) is 0 Å². The van der Waals surface area contributed by atoms with Gasteiger partial charge in [0.05, 0.1) is 0 Å². The largest absolute Gasteiger partial charge is 0.370 e. The van der Waals surface area contributed by atoms with Gasteiger partial charge in [-0.05, 0) is 44.9 Å². The quantitative estimate of drug-likeness (QED) is 0.663. The van der Waals surface area contributed by atoms with Crippen molar-refractivity contribution in [3.63, 3.8) is 0 Å². The third-order valence-electron chi connectivity index (χ3n) is 2.68. The van der Waals surface area contributed by atoms with Crippen LogP contribution in [-0.2, 0) is 0 Å². The topological polar surface area (TPSA) is 37.0 Å². The fraction of sp³-hybridized carbons (Fsp3) is 0.615. The van der Waals surface area contributed by atoms with Gasteiger partial charge >= 0.3 is 0 Å². The Morgan fingerprint density at radius 2 is 2.06 bits per heavy atom. The van der Waals surface area contributed by atoms with Crippen molar-refractivity contribution >= 4 is 5.82 Å². The van der Waals surface area contributed by atoms with Crippen LogP contribution in [0.3, 0.4) is 0 Å². The summed E-state index contributed by atoms with van der Waals surface area (Å²) < 4.78 is 0. The van der Waals surface area contributed by atoms with Gasteiger partial charge in [0.2, 0.25) is 0 Å². The molecule has 0 spiro atoms. The van der Waals surface area contributed by atoms with Crippen LogP contribution in [0.15, 0.2) is 24.4 Å². The summed E-state index contributed by atoms with van der Waals surface area (Å²) in [4.78, 5) is 4.21. The van der Waals surface area contributed by atoms with Gasteiger partial charge in [0.25, 0.3) is 0 Å². The van der Waals surface area contributed by atoms with Crippen molar-refractivity contribution in [2.24, 2.45) is 0 Å². The second kappa shape index (κ2) is 8.11. The lowest BCUT2D eigenvalue weighted by Crippen LogP contribution is -2.26. The number of hydrogen-bond acceptors (Lipinski definition) is 3. The Morgan fingerprint density at radius 3 is 2.75 bits per heavy atom. The molecule has 3 nitrogen and oxygen atoms in total. The number of hydrogen-bond donors (Lipinski definition) is 2. The molecule has 0 aliphatic rings. The number of unbranched alkanes of at least 4 members (excludes halogenated alkanes) is 1. The highest BCUT2D eigenvalue weighted by Gasteiger charge is 1.96. The fourth-order valence-corrected chi connectivity index (χ4v) is 1.43. The lowest BCUT2D eigenvalue weighted by Gasteiger charge is -2.11. The number of nitrogens with one attached hydrogen (secondary N) is 2. The van der Waals surface area contributed by atoms with Gasteiger partial charge in [-0.2, -0.15) is 0 Å². The molecular formula is C13H23N3. The van der Waals surface area contributed by atoms with Crippen molar-refractivity contribution < 1.29 is 0 Å². The van der Waals surface area contributed by atoms with Crippen molar-refractivity contribution in [1.82, 2.24) is 10.3 Å². The van der Waals surface area contributed by atoms with E-state index in [-0.39, 0.29) is 0 Å². The standard InChI is InChI=1S/C13H23N3/c1-3-12(2)14-9-6-7-11-16-13-8-4-5-10-15-13/h4-5,8,10,12,14H,3,6-7,9,11H2,1-2H3,(H,15,16). The van der Waals surface area contributed by atoms with Crippen LogP contribution in [0.4, 0.5) is 5.82 Å². The van der Waals surface area contributed by atoms with Crippen molar-refractivity contribution in [2.45, 2.75) is 39.2 Å². The normalized spacial score (nSPS) is 12.4. The van der Waals surface area contributed by atoms with Gasteiger partial charge in [-0.25, -0.2) is 4.98 Å². The van der Waals surface area contributed by atoms with E-state index in [2.05, 4.69) is 29.5 Å². The zero-order chi connectivity index (χ0) is 11.6. The molecule has 1 aromatic heterocycles. The summed E-state index contributed by atoms with van der Waals surface area (Å²) in [6, 6.07) is 6.57. The van der Waals surface area contributed by atoms with Crippen LogP contribution in [0.2, 0.25) is 0 Å². The van der Waals surface area contributed by atoms with E-state index in [1.165, 1.54) is 19.3 Å². The zero-order valence-electron chi connectivity index (χ0n) is 10.4. The molecule has 0 bridgehead atoms. The Hall–Kier alpha value is -1.09. The van der Waals surface area contributed by atoms with Gasteiger partial charge in [-0.15, -0.1) is 0 Å². The average Bonchev–Trinajstić information content (AvgIpc) is 2.34. The molecule has 1 aromatic rings. The number of nitrogens with zero attached hydrogens (tertiary/aromatic N) is 1. The van der Waals surface area contributed by atoms with E-state index in [0.717, 1.165) is 18.9 Å². The van der Waals surface area contributed by atoms with Crippen LogP contribution in [0.25, 0.3) is 0 Å². The lowest BCUT2D eigenvalue weighted by atomic mass is 10.2.